The van der Waals surface area contributed by atoms with Crippen LogP contribution in [0.3, 0.4) is 0 Å². The molecule has 0 spiro atoms. The van der Waals surface area contributed by atoms with Gasteiger partial charge in [-0.2, -0.15) is 10.2 Å². The zero-order valence-electron chi connectivity index (χ0n) is 17.1. The predicted octanol–water partition coefficient (Wildman–Crippen LogP) is 4.93. The van der Waals surface area contributed by atoms with E-state index in [1.807, 2.05) is 60.7 Å². The van der Waals surface area contributed by atoms with Crippen LogP contribution in [0, 0.1) is 0 Å². The molecule has 0 saturated heterocycles. The Labute approximate surface area is 199 Å². The molecule has 0 aliphatic carbocycles. The maximum Gasteiger partial charge on any atom is 0.329 e. The van der Waals surface area contributed by atoms with Crippen LogP contribution in [0.2, 0.25) is 10.0 Å². The Kier molecular flexibility index (Phi) is 6.83. The van der Waals surface area contributed by atoms with E-state index in [9.17, 15) is 9.59 Å². The lowest BCUT2D eigenvalue weighted by atomic mass is 10.1. The zero-order valence-corrected chi connectivity index (χ0v) is 18.6. The number of hydrazone groups is 1. The summed E-state index contributed by atoms with van der Waals surface area (Å²) in [4.78, 5) is 24.3. The minimum absolute atomic E-state index is 0.261. The van der Waals surface area contributed by atoms with Crippen LogP contribution in [0.15, 0.2) is 90.2 Å². The van der Waals surface area contributed by atoms with E-state index >= 15 is 0 Å². The second-order valence-electron chi connectivity index (χ2n) is 6.86. The van der Waals surface area contributed by atoms with E-state index in [2.05, 4.69) is 20.9 Å². The van der Waals surface area contributed by atoms with Crippen molar-refractivity contribution >= 4 is 46.9 Å². The van der Waals surface area contributed by atoms with Crippen LogP contribution in [0.5, 0.6) is 0 Å². The van der Waals surface area contributed by atoms with Crippen molar-refractivity contribution in [2.75, 3.05) is 5.32 Å². The summed E-state index contributed by atoms with van der Waals surface area (Å²) in [6, 6.07) is 23.7. The average molecular weight is 478 g/mol. The smallest absolute Gasteiger partial charge is 0.318 e. The van der Waals surface area contributed by atoms with E-state index in [-0.39, 0.29) is 5.02 Å². The third-order valence-electron chi connectivity index (χ3n) is 4.56. The summed E-state index contributed by atoms with van der Waals surface area (Å²) >= 11 is 11.8. The number of carbonyl (C=O) groups excluding carboxylic acids is 2. The summed E-state index contributed by atoms with van der Waals surface area (Å²) in [5, 5.41) is 11.6. The number of rotatable bonds is 5. The van der Waals surface area contributed by atoms with Crippen LogP contribution >= 0.6 is 23.2 Å². The van der Waals surface area contributed by atoms with Gasteiger partial charge in [0.15, 0.2) is 0 Å². The van der Waals surface area contributed by atoms with Crippen LogP contribution in [0.25, 0.3) is 16.9 Å². The number of anilines is 1. The fraction of sp³-hybridized carbons (Fsp3) is 0. The highest BCUT2D eigenvalue weighted by atomic mass is 35.5. The number of halogens is 2. The summed E-state index contributed by atoms with van der Waals surface area (Å²) < 4.78 is 1.72. The molecule has 4 aromatic rings. The third-order valence-corrected chi connectivity index (χ3v) is 5.30. The molecule has 0 unspecified atom stereocenters. The minimum atomic E-state index is -0.936. The van der Waals surface area contributed by atoms with Crippen LogP contribution < -0.4 is 10.7 Å². The molecule has 2 N–H and O–H groups in total. The van der Waals surface area contributed by atoms with Crippen LogP contribution in [-0.4, -0.2) is 27.8 Å². The molecular formula is C24H17Cl2N5O2. The van der Waals surface area contributed by atoms with E-state index in [0.717, 1.165) is 11.3 Å². The molecule has 1 aromatic heterocycles. The van der Waals surface area contributed by atoms with Crippen molar-refractivity contribution in [3.63, 3.8) is 0 Å². The maximum atomic E-state index is 12.2. The lowest BCUT2D eigenvalue weighted by Crippen LogP contribution is -2.32. The summed E-state index contributed by atoms with van der Waals surface area (Å²) in [6.07, 6.45) is 3.24. The van der Waals surface area contributed by atoms with Crippen LogP contribution in [0.4, 0.5) is 5.69 Å². The highest BCUT2D eigenvalue weighted by Crippen LogP contribution is 2.25. The number of para-hydroxylation sites is 1. The van der Waals surface area contributed by atoms with Gasteiger partial charge < -0.3 is 5.32 Å². The average Bonchev–Trinajstić information content (AvgIpc) is 3.26. The number of hydrogen-bond donors (Lipinski definition) is 2. The Morgan fingerprint density at radius 2 is 1.58 bits per heavy atom. The van der Waals surface area contributed by atoms with Gasteiger partial charge >= 0.3 is 11.8 Å². The molecule has 7 nitrogen and oxygen atoms in total. The molecule has 0 fully saturated rings. The van der Waals surface area contributed by atoms with Crippen molar-refractivity contribution in [2.45, 2.75) is 0 Å². The van der Waals surface area contributed by atoms with Crippen molar-refractivity contribution in [1.82, 2.24) is 15.2 Å². The third kappa shape index (κ3) is 5.46. The van der Waals surface area contributed by atoms with Gasteiger partial charge in [-0.15, -0.1) is 0 Å². The number of carbonyl (C=O) groups is 2. The largest absolute Gasteiger partial charge is 0.329 e. The topological polar surface area (TPSA) is 88.4 Å². The molecule has 9 heteroatoms. The molecule has 0 aliphatic heterocycles. The van der Waals surface area contributed by atoms with Crippen molar-refractivity contribution in [2.24, 2.45) is 5.10 Å². The van der Waals surface area contributed by atoms with Crippen LogP contribution in [-0.2, 0) is 9.59 Å². The maximum absolute atomic E-state index is 12.2. The molecule has 4 rings (SSSR count). The monoisotopic (exact) mass is 477 g/mol. The first-order valence-electron chi connectivity index (χ1n) is 9.81. The Morgan fingerprint density at radius 3 is 2.27 bits per heavy atom. The lowest BCUT2D eigenvalue weighted by molar-refractivity contribution is -0.136. The van der Waals surface area contributed by atoms with E-state index in [4.69, 9.17) is 23.2 Å². The molecule has 1 heterocycles. The van der Waals surface area contributed by atoms with Gasteiger partial charge in [0.2, 0.25) is 0 Å². The van der Waals surface area contributed by atoms with Gasteiger partial charge in [-0.05, 0) is 30.3 Å². The number of hydrogen-bond acceptors (Lipinski definition) is 4. The fourth-order valence-corrected chi connectivity index (χ4v) is 3.29. The first kappa shape index (κ1) is 22.3. The number of benzene rings is 3. The highest BCUT2D eigenvalue weighted by Gasteiger charge is 2.14. The highest BCUT2D eigenvalue weighted by molar-refractivity contribution is 6.43. The van der Waals surface area contributed by atoms with Gasteiger partial charge in [0.25, 0.3) is 0 Å². The van der Waals surface area contributed by atoms with E-state index < -0.39 is 11.8 Å². The zero-order chi connectivity index (χ0) is 23.2. The molecule has 0 radical (unpaired) electrons. The normalized spacial score (nSPS) is 10.8. The first-order valence-corrected chi connectivity index (χ1v) is 10.6. The molecule has 3 aromatic carbocycles. The SMILES string of the molecule is O=C(N/N=C\c1cn(-c2ccccc2)nc1-c1ccccc1)C(=O)Nc1ccc(Cl)c(Cl)c1. The van der Waals surface area contributed by atoms with Crippen molar-refractivity contribution in [3.8, 4) is 16.9 Å². The van der Waals surface area contributed by atoms with Gasteiger partial charge in [0.05, 0.1) is 21.9 Å². The number of nitrogens with one attached hydrogen (secondary N) is 2. The summed E-state index contributed by atoms with van der Waals surface area (Å²) in [5.74, 6) is -1.83. The molecule has 0 atom stereocenters. The molecule has 0 bridgehead atoms. The molecule has 0 saturated carbocycles. The number of amides is 2. The molecule has 164 valence electrons. The predicted molar refractivity (Wildman–Crippen MR) is 130 cm³/mol. The summed E-state index contributed by atoms with van der Waals surface area (Å²) in [5.41, 5.74) is 5.67. The van der Waals surface area contributed by atoms with Gasteiger partial charge in [-0.25, -0.2) is 10.1 Å². The standard InChI is InChI=1S/C24H17Cl2N5O2/c25-20-12-11-18(13-21(20)26)28-23(32)24(33)29-27-14-17-15-31(19-9-5-2-6-10-19)30-22(17)16-7-3-1-4-8-16/h1-15H,(H,28,32)(H,29,33)/b27-14-. The van der Waals surface area contributed by atoms with Gasteiger partial charge in [0.1, 0.15) is 5.69 Å². The second kappa shape index (κ2) is 10.1. The van der Waals surface area contributed by atoms with Crippen molar-refractivity contribution in [1.29, 1.82) is 0 Å². The Hall–Kier alpha value is -3.94. The van der Waals surface area contributed by atoms with Gasteiger partial charge in [-0.1, -0.05) is 71.7 Å². The van der Waals surface area contributed by atoms with E-state index in [0.29, 0.717) is 22.0 Å². The Bertz CT molecular complexity index is 1320. The lowest BCUT2D eigenvalue weighted by Gasteiger charge is -2.05. The van der Waals surface area contributed by atoms with Gasteiger partial charge in [-0.3, -0.25) is 9.59 Å². The Morgan fingerprint density at radius 1 is 0.879 bits per heavy atom. The van der Waals surface area contributed by atoms with Crippen molar-refractivity contribution in [3.05, 3.63) is 101 Å². The molecular weight excluding hydrogens is 461 g/mol. The van der Waals surface area contributed by atoms with Gasteiger partial charge in [0, 0.05) is 23.0 Å². The molecule has 0 aliphatic rings. The Balaban J connectivity index is 1.51. The van der Waals surface area contributed by atoms with Crippen LogP contribution in [0.1, 0.15) is 5.56 Å². The summed E-state index contributed by atoms with van der Waals surface area (Å²) in [6.45, 7) is 0. The van der Waals surface area contributed by atoms with E-state index in [1.165, 1.54) is 24.4 Å². The molecule has 33 heavy (non-hydrogen) atoms. The molecule has 2 amide bonds. The number of nitrogens with zero attached hydrogens (tertiary/aromatic N) is 3. The van der Waals surface area contributed by atoms with E-state index in [1.54, 1.807) is 10.9 Å². The number of aromatic nitrogens is 2. The second-order valence-corrected chi connectivity index (χ2v) is 7.68. The van der Waals surface area contributed by atoms with Crippen molar-refractivity contribution < 1.29 is 9.59 Å². The fourth-order valence-electron chi connectivity index (χ4n) is 2.99. The minimum Gasteiger partial charge on any atom is -0.318 e. The summed E-state index contributed by atoms with van der Waals surface area (Å²) in [7, 11) is 0. The first-order chi connectivity index (χ1) is 16.0. The quantitative estimate of drug-likeness (QED) is 0.242.